The highest BCUT2D eigenvalue weighted by molar-refractivity contribution is 8.00. The second-order valence-corrected chi connectivity index (χ2v) is 4.36. The van der Waals surface area contributed by atoms with E-state index in [0.29, 0.717) is 17.1 Å². The maximum Gasteiger partial charge on any atom is 0.165 e. The van der Waals surface area contributed by atoms with E-state index < -0.39 is 11.4 Å². The molecule has 1 N–H and O–H groups in total. The molecule has 2 nitrogen and oxygen atoms in total. The predicted octanol–water partition coefficient (Wildman–Crippen LogP) is 1.77. The molecule has 1 aromatic carbocycles. The molecule has 76 valence electrons. The lowest BCUT2D eigenvalue weighted by Gasteiger charge is -2.36. The molecule has 0 saturated carbocycles. The van der Waals surface area contributed by atoms with Gasteiger partial charge in [-0.05, 0) is 17.7 Å². The zero-order chi connectivity index (χ0) is 10.2. The Bertz CT molecular complexity index is 350. The molecular formula is C10H11FO2S. The molecule has 1 aliphatic heterocycles. The molecule has 4 heteroatoms. The Kier molecular flexibility index (Phi) is 2.41. The van der Waals surface area contributed by atoms with Gasteiger partial charge in [0.25, 0.3) is 0 Å². The first-order valence-electron chi connectivity index (χ1n) is 4.30. The fourth-order valence-electron chi connectivity index (χ4n) is 1.42. The summed E-state index contributed by atoms with van der Waals surface area (Å²) in [7, 11) is 1.42. The van der Waals surface area contributed by atoms with E-state index in [4.69, 9.17) is 4.74 Å². The number of aliphatic hydroxyl groups is 1. The van der Waals surface area contributed by atoms with Gasteiger partial charge in [-0.1, -0.05) is 6.07 Å². The second-order valence-electron chi connectivity index (χ2n) is 3.37. The number of halogens is 1. The topological polar surface area (TPSA) is 29.5 Å². The highest BCUT2D eigenvalue weighted by Gasteiger charge is 2.37. The Morgan fingerprint density at radius 2 is 2.21 bits per heavy atom. The van der Waals surface area contributed by atoms with E-state index in [1.165, 1.54) is 13.2 Å². The minimum absolute atomic E-state index is 0.212. The minimum Gasteiger partial charge on any atom is -0.494 e. The minimum atomic E-state index is -0.836. The van der Waals surface area contributed by atoms with Gasteiger partial charge in [-0.25, -0.2) is 4.39 Å². The Labute approximate surface area is 86.1 Å². The van der Waals surface area contributed by atoms with E-state index >= 15 is 0 Å². The van der Waals surface area contributed by atoms with Crippen molar-refractivity contribution in [1.29, 1.82) is 0 Å². The molecule has 0 unspecified atom stereocenters. The van der Waals surface area contributed by atoms with Gasteiger partial charge in [0.15, 0.2) is 11.6 Å². The summed E-state index contributed by atoms with van der Waals surface area (Å²) in [6.45, 7) is 0. The van der Waals surface area contributed by atoms with Crippen molar-refractivity contribution in [1.82, 2.24) is 0 Å². The van der Waals surface area contributed by atoms with Crippen molar-refractivity contribution in [2.24, 2.45) is 0 Å². The van der Waals surface area contributed by atoms with Crippen molar-refractivity contribution in [2.45, 2.75) is 5.60 Å². The summed E-state index contributed by atoms with van der Waals surface area (Å²) in [6, 6.07) is 4.60. The van der Waals surface area contributed by atoms with Crippen molar-refractivity contribution in [3.05, 3.63) is 29.6 Å². The fraction of sp³-hybridized carbons (Fsp3) is 0.400. The van der Waals surface area contributed by atoms with Crippen molar-refractivity contribution < 1.29 is 14.2 Å². The maximum atomic E-state index is 13.3. The van der Waals surface area contributed by atoms with Gasteiger partial charge in [0.2, 0.25) is 0 Å². The molecule has 2 rings (SSSR count). The zero-order valence-corrected chi connectivity index (χ0v) is 8.60. The Balaban J connectivity index is 2.32. The van der Waals surface area contributed by atoms with Crippen LogP contribution >= 0.6 is 11.8 Å². The number of hydrogen-bond acceptors (Lipinski definition) is 3. The number of thioether (sulfide) groups is 1. The summed E-state index contributed by atoms with van der Waals surface area (Å²) in [5.74, 6) is 1.07. The molecular weight excluding hydrogens is 203 g/mol. The van der Waals surface area contributed by atoms with Crippen molar-refractivity contribution in [3.63, 3.8) is 0 Å². The van der Waals surface area contributed by atoms with Crippen LogP contribution in [0.4, 0.5) is 4.39 Å². The molecule has 0 spiro atoms. The first-order chi connectivity index (χ1) is 6.65. The summed E-state index contributed by atoms with van der Waals surface area (Å²) in [5.41, 5.74) is -0.202. The lowest BCUT2D eigenvalue weighted by molar-refractivity contribution is 0.0764. The summed E-state index contributed by atoms with van der Waals surface area (Å²) >= 11 is 1.65. The van der Waals surface area contributed by atoms with Crippen LogP contribution in [-0.4, -0.2) is 23.7 Å². The highest BCUT2D eigenvalue weighted by Crippen LogP contribution is 2.39. The third-order valence-corrected chi connectivity index (χ3v) is 3.73. The Morgan fingerprint density at radius 1 is 1.50 bits per heavy atom. The van der Waals surface area contributed by atoms with Crippen LogP contribution < -0.4 is 4.74 Å². The van der Waals surface area contributed by atoms with Crippen LogP contribution in [-0.2, 0) is 5.60 Å². The van der Waals surface area contributed by atoms with E-state index in [2.05, 4.69) is 0 Å². The molecule has 1 aromatic rings. The normalized spacial score (nSPS) is 18.8. The summed E-state index contributed by atoms with van der Waals surface area (Å²) < 4.78 is 18.1. The molecule has 1 saturated heterocycles. The number of ether oxygens (including phenoxy) is 1. The molecule has 0 aliphatic carbocycles. The summed E-state index contributed by atoms with van der Waals surface area (Å²) in [6.07, 6.45) is 0. The lowest BCUT2D eigenvalue weighted by Crippen LogP contribution is -2.39. The van der Waals surface area contributed by atoms with Gasteiger partial charge in [-0.15, -0.1) is 0 Å². The van der Waals surface area contributed by atoms with Crippen LogP contribution in [0.5, 0.6) is 5.75 Å². The van der Waals surface area contributed by atoms with Crippen LogP contribution in [0.15, 0.2) is 18.2 Å². The van der Waals surface area contributed by atoms with E-state index in [1.807, 2.05) is 0 Å². The maximum absolute atomic E-state index is 13.3. The van der Waals surface area contributed by atoms with Gasteiger partial charge in [0.05, 0.1) is 7.11 Å². The van der Waals surface area contributed by atoms with E-state index in [-0.39, 0.29) is 5.75 Å². The highest BCUT2D eigenvalue weighted by atomic mass is 32.2. The van der Waals surface area contributed by atoms with Crippen molar-refractivity contribution >= 4 is 11.8 Å². The largest absolute Gasteiger partial charge is 0.494 e. The molecule has 0 bridgehead atoms. The number of rotatable bonds is 2. The van der Waals surface area contributed by atoms with E-state index in [9.17, 15) is 9.50 Å². The third kappa shape index (κ3) is 1.48. The Morgan fingerprint density at radius 3 is 2.64 bits per heavy atom. The van der Waals surface area contributed by atoms with Crippen LogP contribution in [0.2, 0.25) is 0 Å². The Hall–Kier alpha value is -0.740. The van der Waals surface area contributed by atoms with Crippen LogP contribution in [0.25, 0.3) is 0 Å². The standard InChI is InChI=1S/C10H11FO2S/c1-13-9-3-2-7(4-8(9)11)10(12)5-14-6-10/h2-4,12H,5-6H2,1H3. The molecule has 1 heterocycles. The number of methoxy groups -OCH3 is 1. The van der Waals surface area contributed by atoms with Crippen molar-refractivity contribution in [2.75, 3.05) is 18.6 Å². The van der Waals surface area contributed by atoms with Gasteiger partial charge in [-0.3, -0.25) is 0 Å². The molecule has 14 heavy (non-hydrogen) atoms. The smallest absolute Gasteiger partial charge is 0.165 e. The van der Waals surface area contributed by atoms with Crippen molar-refractivity contribution in [3.8, 4) is 5.75 Å². The summed E-state index contributed by atoms with van der Waals surface area (Å²) in [4.78, 5) is 0. The second kappa shape index (κ2) is 3.44. The quantitative estimate of drug-likeness (QED) is 0.813. The SMILES string of the molecule is COc1ccc(C2(O)CSC2)cc1F. The number of benzene rings is 1. The monoisotopic (exact) mass is 214 g/mol. The lowest BCUT2D eigenvalue weighted by atomic mass is 9.97. The first-order valence-corrected chi connectivity index (χ1v) is 5.45. The van der Waals surface area contributed by atoms with Gasteiger partial charge in [0, 0.05) is 11.5 Å². The first kappa shape index (κ1) is 9.80. The molecule has 1 aliphatic rings. The van der Waals surface area contributed by atoms with Gasteiger partial charge < -0.3 is 9.84 Å². The fourth-order valence-corrected chi connectivity index (χ4v) is 2.34. The van der Waals surface area contributed by atoms with E-state index in [0.717, 1.165) is 0 Å². The number of hydrogen-bond donors (Lipinski definition) is 1. The van der Waals surface area contributed by atoms with Crippen LogP contribution in [0.1, 0.15) is 5.56 Å². The zero-order valence-electron chi connectivity index (χ0n) is 7.79. The van der Waals surface area contributed by atoms with E-state index in [1.54, 1.807) is 23.9 Å². The average Bonchev–Trinajstić information content (AvgIpc) is 2.14. The molecule has 0 atom stereocenters. The molecule has 1 fully saturated rings. The third-order valence-electron chi connectivity index (χ3n) is 2.37. The van der Waals surface area contributed by atoms with Gasteiger partial charge in [-0.2, -0.15) is 11.8 Å². The average molecular weight is 214 g/mol. The van der Waals surface area contributed by atoms with Gasteiger partial charge in [0.1, 0.15) is 5.60 Å². The van der Waals surface area contributed by atoms with Crippen LogP contribution in [0, 0.1) is 5.82 Å². The van der Waals surface area contributed by atoms with Crippen LogP contribution in [0.3, 0.4) is 0 Å². The molecule has 0 radical (unpaired) electrons. The van der Waals surface area contributed by atoms with Gasteiger partial charge >= 0.3 is 0 Å². The predicted molar refractivity (Wildman–Crippen MR) is 54.2 cm³/mol. The molecule has 0 aromatic heterocycles. The molecule has 0 amide bonds. The summed E-state index contributed by atoms with van der Waals surface area (Å²) in [5, 5.41) is 9.94.